The Morgan fingerprint density at radius 2 is 1.32 bits per heavy atom. The zero-order valence-electron chi connectivity index (χ0n) is 14.6. The van der Waals surface area contributed by atoms with Gasteiger partial charge >= 0.3 is 0 Å². The van der Waals surface area contributed by atoms with Gasteiger partial charge in [-0.1, -0.05) is 42.5 Å². The average molecular weight is 423 g/mol. The lowest BCUT2D eigenvalue weighted by atomic mass is 10.0. The van der Waals surface area contributed by atoms with Crippen molar-refractivity contribution < 1.29 is 25.6 Å². The van der Waals surface area contributed by atoms with Crippen LogP contribution in [-0.2, 0) is 19.9 Å². The van der Waals surface area contributed by atoms with Crippen LogP contribution in [0.5, 0.6) is 0 Å². The summed E-state index contributed by atoms with van der Waals surface area (Å²) in [6.07, 6.45) is 0.868. The highest BCUT2D eigenvalue weighted by atomic mass is 32.2. The molecule has 5 nitrogen and oxygen atoms in total. The fourth-order valence-electron chi connectivity index (χ4n) is 2.64. The summed E-state index contributed by atoms with van der Waals surface area (Å²) in [5.41, 5.74) is -0.0726. The van der Waals surface area contributed by atoms with Crippen LogP contribution in [0.15, 0.2) is 76.5 Å². The molecule has 9 heteroatoms. The molecule has 146 valence electrons. The number of rotatable bonds is 5. The van der Waals surface area contributed by atoms with Crippen LogP contribution in [0.1, 0.15) is 0 Å². The van der Waals surface area contributed by atoms with Gasteiger partial charge in [0.1, 0.15) is 16.5 Å². The Morgan fingerprint density at radius 1 is 0.750 bits per heavy atom. The number of hydrogen-bond donors (Lipinski definition) is 1. The van der Waals surface area contributed by atoms with Crippen LogP contribution >= 0.6 is 0 Å². The molecule has 0 spiro atoms. The molecular weight excluding hydrogens is 408 g/mol. The molecule has 0 atom stereocenters. The molecule has 3 aromatic carbocycles. The SMILES string of the molecule is CS(=O)(=O)c1ccccc1S(=O)(=O)Nc1cc(-c2ccccc2)c(F)cc1F. The van der Waals surface area contributed by atoms with E-state index in [1.54, 1.807) is 30.3 Å². The van der Waals surface area contributed by atoms with E-state index in [9.17, 15) is 25.6 Å². The van der Waals surface area contributed by atoms with E-state index in [2.05, 4.69) is 0 Å². The van der Waals surface area contributed by atoms with Gasteiger partial charge in [-0.3, -0.25) is 4.72 Å². The van der Waals surface area contributed by atoms with Gasteiger partial charge in [-0.05, 0) is 23.8 Å². The Morgan fingerprint density at radius 3 is 1.93 bits per heavy atom. The molecule has 1 N–H and O–H groups in total. The van der Waals surface area contributed by atoms with Crippen molar-refractivity contribution in [3.63, 3.8) is 0 Å². The maximum Gasteiger partial charge on any atom is 0.263 e. The summed E-state index contributed by atoms with van der Waals surface area (Å²) in [5, 5.41) is 0. The minimum Gasteiger partial charge on any atom is -0.277 e. The van der Waals surface area contributed by atoms with Crippen molar-refractivity contribution in [3.05, 3.63) is 78.4 Å². The van der Waals surface area contributed by atoms with E-state index in [1.165, 1.54) is 12.1 Å². The minimum absolute atomic E-state index is 0.00361. The fraction of sp³-hybridized carbons (Fsp3) is 0.0526. The van der Waals surface area contributed by atoms with Crippen molar-refractivity contribution in [2.75, 3.05) is 11.0 Å². The van der Waals surface area contributed by atoms with Crippen LogP contribution in [-0.4, -0.2) is 23.1 Å². The minimum atomic E-state index is -4.45. The Bertz CT molecular complexity index is 1240. The van der Waals surface area contributed by atoms with Gasteiger partial charge in [0.25, 0.3) is 10.0 Å². The van der Waals surface area contributed by atoms with E-state index in [0.29, 0.717) is 11.6 Å². The van der Waals surface area contributed by atoms with Crippen molar-refractivity contribution in [2.45, 2.75) is 9.79 Å². The van der Waals surface area contributed by atoms with E-state index in [0.717, 1.165) is 24.5 Å². The highest BCUT2D eigenvalue weighted by molar-refractivity contribution is 7.95. The van der Waals surface area contributed by atoms with Gasteiger partial charge in [0, 0.05) is 17.9 Å². The molecule has 0 unspecified atom stereocenters. The molecule has 0 aliphatic heterocycles. The Kier molecular flexibility index (Phi) is 5.22. The van der Waals surface area contributed by atoms with E-state index < -0.39 is 47.0 Å². The summed E-state index contributed by atoms with van der Waals surface area (Å²) in [4.78, 5) is -0.948. The summed E-state index contributed by atoms with van der Waals surface area (Å²) >= 11 is 0. The summed E-state index contributed by atoms with van der Waals surface area (Å²) < 4.78 is 79.7. The Balaban J connectivity index is 2.10. The van der Waals surface area contributed by atoms with Gasteiger partial charge in [-0.2, -0.15) is 0 Å². The van der Waals surface area contributed by atoms with Gasteiger partial charge in [-0.15, -0.1) is 0 Å². The molecule has 0 aliphatic rings. The fourth-order valence-corrected chi connectivity index (χ4v) is 5.33. The van der Waals surface area contributed by atoms with Crippen molar-refractivity contribution in [2.24, 2.45) is 0 Å². The number of hydrogen-bond acceptors (Lipinski definition) is 4. The van der Waals surface area contributed by atoms with Gasteiger partial charge in [0.15, 0.2) is 9.84 Å². The molecule has 0 fully saturated rings. The predicted molar refractivity (Wildman–Crippen MR) is 102 cm³/mol. The van der Waals surface area contributed by atoms with Crippen LogP contribution in [0.25, 0.3) is 11.1 Å². The normalized spacial score (nSPS) is 12.0. The van der Waals surface area contributed by atoms with Crippen LogP contribution in [0.4, 0.5) is 14.5 Å². The molecule has 3 rings (SSSR count). The number of sulfone groups is 1. The molecule has 0 saturated carbocycles. The van der Waals surface area contributed by atoms with Crippen molar-refractivity contribution in [1.82, 2.24) is 0 Å². The third-order valence-corrected chi connectivity index (χ3v) is 6.63. The van der Waals surface area contributed by atoms with E-state index >= 15 is 0 Å². The van der Waals surface area contributed by atoms with Crippen LogP contribution in [0.2, 0.25) is 0 Å². The zero-order chi connectivity index (χ0) is 20.5. The number of benzene rings is 3. The second-order valence-electron chi connectivity index (χ2n) is 6.00. The zero-order valence-corrected chi connectivity index (χ0v) is 16.2. The Hall–Kier alpha value is -2.78. The number of nitrogens with one attached hydrogen (secondary N) is 1. The van der Waals surface area contributed by atoms with E-state index in [4.69, 9.17) is 0 Å². The maximum absolute atomic E-state index is 14.2. The van der Waals surface area contributed by atoms with Crippen LogP contribution < -0.4 is 4.72 Å². The first-order valence-corrected chi connectivity index (χ1v) is 11.3. The van der Waals surface area contributed by atoms with Crippen molar-refractivity contribution >= 4 is 25.5 Å². The molecule has 0 aromatic heterocycles. The molecule has 3 aromatic rings. The number of sulfonamides is 1. The van der Waals surface area contributed by atoms with Gasteiger partial charge < -0.3 is 0 Å². The average Bonchev–Trinajstić information content (AvgIpc) is 2.64. The standard InChI is InChI=1S/C19H15F2NO4S2/c1-27(23,24)18-9-5-6-10-19(18)28(25,26)22-17-11-14(15(20)12-16(17)21)13-7-3-2-4-8-13/h2-12,22H,1H3. The molecule has 0 radical (unpaired) electrons. The molecule has 0 saturated heterocycles. The quantitative estimate of drug-likeness (QED) is 0.676. The number of halogens is 2. The van der Waals surface area contributed by atoms with Gasteiger partial charge in [0.05, 0.1) is 10.6 Å². The predicted octanol–water partition coefficient (Wildman–Crippen LogP) is 3.84. The first-order valence-electron chi connectivity index (χ1n) is 7.96. The highest BCUT2D eigenvalue weighted by Gasteiger charge is 2.25. The maximum atomic E-state index is 14.2. The largest absolute Gasteiger partial charge is 0.277 e. The van der Waals surface area contributed by atoms with Crippen LogP contribution in [0.3, 0.4) is 0 Å². The molecule has 0 bridgehead atoms. The van der Waals surface area contributed by atoms with Gasteiger partial charge in [-0.25, -0.2) is 25.6 Å². The Labute approximate surface area is 161 Å². The molecule has 0 amide bonds. The smallest absolute Gasteiger partial charge is 0.263 e. The molecular formula is C19H15F2NO4S2. The second-order valence-corrected chi connectivity index (χ2v) is 9.64. The summed E-state index contributed by atoms with van der Waals surface area (Å²) in [6, 6.07) is 14.8. The lowest BCUT2D eigenvalue weighted by Gasteiger charge is -2.13. The molecule has 0 aliphatic carbocycles. The monoisotopic (exact) mass is 423 g/mol. The third-order valence-electron chi connectivity index (χ3n) is 3.92. The second kappa shape index (κ2) is 7.33. The molecule has 28 heavy (non-hydrogen) atoms. The number of anilines is 1. The van der Waals surface area contributed by atoms with Crippen LogP contribution in [0, 0.1) is 11.6 Å². The molecule has 0 heterocycles. The summed E-state index contributed by atoms with van der Waals surface area (Å²) in [7, 11) is -8.30. The highest BCUT2D eigenvalue weighted by Crippen LogP contribution is 2.30. The summed E-state index contributed by atoms with van der Waals surface area (Å²) in [5.74, 6) is -1.99. The topological polar surface area (TPSA) is 80.3 Å². The van der Waals surface area contributed by atoms with Gasteiger partial charge in [0.2, 0.25) is 0 Å². The van der Waals surface area contributed by atoms with E-state index in [-0.39, 0.29) is 5.56 Å². The third kappa shape index (κ3) is 4.05. The lowest BCUT2D eigenvalue weighted by molar-refractivity contribution is 0.582. The van der Waals surface area contributed by atoms with E-state index in [1.807, 2.05) is 4.72 Å². The lowest BCUT2D eigenvalue weighted by Crippen LogP contribution is -2.17. The summed E-state index contributed by atoms with van der Waals surface area (Å²) in [6.45, 7) is 0. The van der Waals surface area contributed by atoms with Crippen molar-refractivity contribution in [3.8, 4) is 11.1 Å². The first kappa shape index (κ1) is 20.0. The first-order chi connectivity index (χ1) is 13.1. The van der Waals surface area contributed by atoms with Crippen molar-refractivity contribution in [1.29, 1.82) is 0 Å².